The minimum Gasteiger partial charge on any atom is -0.497 e. The molecule has 1 rings (SSSR count). The van der Waals surface area contributed by atoms with Crippen molar-refractivity contribution in [3.8, 4) is 5.75 Å². The van der Waals surface area contributed by atoms with E-state index in [1.807, 2.05) is 25.1 Å². The molecule has 0 spiro atoms. The van der Waals surface area contributed by atoms with E-state index < -0.39 is 12.6 Å². The van der Waals surface area contributed by atoms with E-state index in [0.29, 0.717) is 5.75 Å². The second kappa shape index (κ2) is 5.91. The fraction of sp³-hybridized carbons (Fsp3) is 0.500. The van der Waals surface area contributed by atoms with Crippen molar-refractivity contribution in [2.75, 3.05) is 13.7 Å². The van der Waals surface area contributed by atoms with Crippen molar-refractivity contribution in [1.29, 1.82) is 0 Å². The molecule has 0 aliphatic heterocycles. The second-order valence-corrected chi connectivity index (χ2v) is 3.82. The summed E-state index contributed by atoms with van der Waals surface area (Å²) in [5, 5.41) is 2.83. The summed E-state index contributed by atoms with van der Waals surface area (Å²) in [7, 11) is 1.56. The first-order valence-electron chi connectivity index (χ1n) is 5.36. The molecule has 17 heavy (non-hydrogen) atoms. The number of hydrogen-bond donors (Lipinski definition) is 1. The quantitative estimate of drug-likeness (QED) is 0.862. The van der Waals surface area contributed by atoms with Gasteiger partial charge in [0.1, 0.15) is 5.75 Å². The third-order valence-electron chi connectivity index (χ3n) is 2.45. The predicted molar refractivity (Wildman–Crippen MR) is 60.1 cm³/mol. The van der Waals surface area contributed by atoms with E-state index in [-0.39, 0.29) is 12.6 Å². The lowest BCUT2D eigenvalue weighted by molar-refractivity contribution is -0.133. The summed E-state index contributed by atoms with van der Waals surface area (Å²) in [6.07, 6.45) is -4.93. The van der Waals surface area contributed by atoms with Crippen molar-refractivity contribution in [3.63, 3.8) is 0 Å². The average Bonchev–Trinajstić information content (AvgIpc) is 2.27. The summed E-state index contributed by atoms with van der Waals surface area (Å²) < 4.78 is 41.0. The summed E-state index contributed by atoms with van der Waals surface area (Å²) in [5.74, 6) is 0.701. The lowest BCUT2D eigenvalue weighted by Crippen LogP contribution is -2.24. The van der Waals surface area contributed by atoms with Crippen molar-refractivity contribution >= 4 is 0 Å². The maximum Gasteiger partial charge on any atom is 0.390 e. The topological polar surface area (TPSA) is 21.3 Å². The minimum absolute atomic E-state index is 0.0815. The third kappa shape index (κ3) is 5.08. The Hall–Kier alpha value is -1.23. The molecule has 1 atom stereocenters. The first-order chi connectivity index (χ1) is 7.92. The molecule has 0 radical (unpaired) electrons. The van der Waals surface area contributed by atoms with Crippen LogP contribution in [0.4, 0.5) is 13.2 Å². The fourth-order valence-electron chi connectivity index (χ4n) is 1.46. The maximum atomic E-state index is 12.0. The number of nitrogens with one attached hydrogen (secondary N) is 1. The van der Waals surface area contributed by atoms with Gasteiger partial charge >= 0.3 is 6.18 Å². The van der Waals surface area contributed by atoms with Crippen molar-refractivity contribution in [2.24, 2.45) is 0 Å². The zero-order valence-corrected chi connectivity index (χ0v) is 9.84. The summed E-state index contributed by atoms with van der Waals surface area (Å²) in [6, 6.07) is 7.15. The summed E-state index contributed by atoms with van der Waals surface area (Å²) >= 11 is 0. The van der Waals surface area contributed by atoms with Gasteiger partial charge in [-0.05, 0) is 24.6 Å². The molecular weight excluding hydrogens is 231 g/mol. The van der Waals surface area contributed by atoms with Crippen molar-refractivity contribution in [2.45, 2.75) is 25.6 Å². The Balaban J connectivity index is 2.49. The monoisotopic (exact) mass is 247 g/mol. The Kier molecular flexibility index (Phi) is 4.81. The Morgan fingerprint density at radius 2 is 2.06 bits per heavy atom. The zero-order chi connectivity index (χ0) is 12.9. The molecule has 1 aromatic carbocycles. The molecule has 0 unspecified atom stereocenters. The van der Waals surface area contributed by atoms with Crippen LogP contribution < -0.4 is 10.1 Å². The number of rotatable bonds is 5. The standard InChI is InChI=1S/C12H16F3NO/c1-9(16-7-6-12(13,14)15)10-4-3-5-11(8-10)17-2/h3-5,8-9,16H,6-7H2,1-2H3/t9-/m0/s1. The van der Waals surface area contributed by atoms with Crippen LogP contribution in [0.2, 0.25) is 0 Å². The Morgan fingerprint density at radius 1 is 1.35 bits per heavy atom. The Morgan fingerprint density at radius 3 is 2.65 bits per heavy atom. The molecule has 0 fully saturated rings. The number of alkyl halides is 3. The zero-order valence-electron chi connectivity index (χ0n) is 9.84. The van der Waals surface area contributed by atoms with Gasteiger partial charge in [-0.15, -0.1) is 0 Å². The van der Waals surface area contributed by atoms with Crippen LogP contribution in [0.15, 0.2) is 24.3 Å². The molecule has 2 nitrogen and oxygen atoms in total. The normalized spacial score (nSPS) is 13.5. The van der Waals surface area contributed by atoms with E-state index in [4.69, 9.17) is 4.74 Å². The highest BCUT2D eigenvalue weighted by atomic mass is 19.4. The number of halogens is 3. The van der Waals surface area contributed by atoms with E-state index in [0.717, 1.165) is 5.56 Å². The van der Waals surface area contributed by atoms with Crippen LogP contribution in [0.3, 0.4) is 0 Å². The molecule has 96 valence electrons. The summed E-state index contributed by atoms with van der Waals surface area (Å²) in [5.41, 5.74) is 0.909. The molecule has 0 heterocycles. The number of ether oxygens (including phenoxy) is 1. The molecule has 0 amide bonds. The van der Waals surface area contributed by atoms with Gasteiger partial charge < -0.3 is 10.1 Å². The number of hydrogen-bond acceptors (Lipinski definition) is 2. The van der Waals surface area contributed by atoms with Crippen molar-refractivity contribution in [1.82, 2.24) is 5.32 Å². The summed E-state index contributed by atoms with van der Waals surface area (Å²) in [6.45, 7) is 1.74. The first kappa shape index (κ1) is 13.8. The van der Waals surface area contributed by atoms with Crippen LogP contribution in [-0.4, -0.2) is 19.8 Å². The molecule has 1 aromatic rings. The third-order valence-corrected chi connectivity index (χ3v) is 2.45. The van der Waals surface area contributed by atoms with Crippen LogP contribution in [0, 0.1) is 0 Å². The SMILES string of the molecule is COc1cccc([C@H](C)NCCC(F)(F)F)c1. The van der Waals surface area contributed by atoms with Gasteiger partial charge in [0.15, 0.2) is 0 Å². The molecule has 0 aliphatic rings. The Bertz CT molecular complexity index is 352. The fourth-order valence-corrected chi connectivity index (χ4v) is 1.46. The molecule has 1 N–H and O–H groups in total. The van der Waals surface area contributed by atoms with Crippen LogP contribution in [-0.2, 0) is 0 Å². The van der Waals surface area contributed by atoms with E-state index in [9.17, 15) is 13.2 Å². The lowest BCUT2D eigenvalue weighted by atomic mass is 10.1. The van der Waals surface area contributed by atoms with Crippen molar-refractivity contribution in [3.05, 3.63) is 29.8 Å². The highest BCUT2D eigenvalue weighted by Gasteiger charge is 2.26. The van der Waals surface area contributed by atoms with E-state index in [2.05, 4.69) is 5.32 Å². The maximum absolute atomic E-state index is 12.0. The smallest absolute Gasteiger partial charge is 0.390 e. The predicted octanol–water partition coefficient (Wildman–Crippen LogP) is 3.30. The number of benzene rings is 1. The summed E-state index contributed by atoms with van der Waals surface area (Å²) in [4.78, 5) is 0. The van der Waals surface area contributed by atoms with Gasteiger partial charge in [-0.1, -0.05) is 12.1 Å². The Labute approximate surface area is 98.8 Å². The van der Waals surface area contributed by atoms with Crippen LogP contribution >= 0.6 is 0 Å². The van der Waals surface area contributed by atoms with Crippen LogP contribution in [0.1, 0.15) is 24.9 Å². The molecule has 0 bridgehead atoms. The van der Waals surface area contributed by atoms with Gasteiger partial charge in [0.2, 0.25) is 0 Å². The highest BCUT2D eigenvalue weighted by Crippen LogP contribution is 2.21. The number of methoxy groups -OCH3 is 1. The molecule has 0 saturated carbocycles. The average molecular weight is 247 g/mol. The van der Waals surface area contributed by atoms with E-state index in [1.54, 1.807) is 13.2 Å². The molecule has 5 heteroatoms. The van der Waals surface area contributed by atoms with Crippen LogP contribution in [0.5, 0.6) is 5.75 Å². The molecular formula is C12H16F3NO. The second-order valence-electron chi connectivity index (χ2n) is 3.82. The van der Waals surface area contributed by atoms with Crippen LogP contribution in [0.25, 0.3) is 0 Å². The minimum atomic E-state index is -4.11. The molecule has 0 saturated heterocycles. The van der Waals surface area contributed by atoms with E-state index in [1.165, 1.54) is 0 Å². The first-order valence-corrected chi connectivity index (χ1v) is 5.36. The van der Waals surface area contributed by atoms with Gasteiger partial charge in [-0.25, -0.2) is 0 Å². The van der Waals surface area contributed by atoms with E-state index >= 15 is 0 Å². The van der Waals surface area contributed by atoms with Gasteiger partial charge in [-0.3, -0.25) is 0 Å². The van der Waals surface area contributed by atoms with Gasteiger partial charge in [0.05, 0.1) is 13.5 Å². The van der Waals surface area contributed by atoms with Gasteiger partial charge in [-0.2, -0.15) is 13.2 Å². The molecule has 0 aromatic heterocycles. The van der Waals surface area contributed by atoms with Gasteiger partial charge in [0, 0.05) is 12.6 Å². The lowest BCUT2D eigenvalue weighted by Gasteiger charge is -2.15. The highest BCUT2D eigenvalue weighted by molar-refractivity contribution is 5.30. The van der Waals surface area contributed by atoms with Gasteiger partial charge in [0.25, 0.3) is 0 Å². The largest absolute Gasteiger partial charge is 0.497 e. The van der Waals surface area contributed by atoms with Crippen molar-refractivity contribution < 1.29 is 17.9 Å². The molecule has 0 aliphatic carbocycles.